The Bertz CT molecular complexity index is 710. The first-order valence-corrected chi connectivity index (χ1v) is 6.03. The first-order valence-electron chi connectivity index (χ1n) is 6.03. The molecule has 0 aromatic heterocycles. The molecule has 2 aromatic rings. The summed E-state index contributed by atoms with van der Waals surface area (Å²) in [6.45, 7) is 0. The fourth-order valence-electron chi connectivity index (χ4n) is 1.69. The van der Waals surface area contributed by atoms with Crippen molar-refractivity contribution in [2.75, 3.05) is 0 Å². The maximum absolute atomic E-state index is 11.8. The number of para-hydroxylation sites is 1. The molecule has 0 heterocycles. The number of aromatic carboxylic acids is 1. The predicted octanol–water partition coefficient (Wildman–Crippen LogP) is 1.85. The summed E-state index contributed by atoms with van der Waals surface area (Å²) in [6.07, 6.45) is 1.24. The summed E-state index contributed by atoms with van der Waals surface area (Å²) >= 11 is 0. The number of hydrazone groups is 1. The average Bonchev–Trinajstić information content (AvgIpc) is 2.48. The molecule has 2 rings (SSSR count). The summed E-state index contributed by atoms with van der Waals surface area (Å²) < 4.78 is 0. The molecule has 0 aliphatic rings. The van der Waals surface area contributed by atoms with Crippen LogP contribution in [0.15, 0.2) is 53.6 Å². The minimum Gasteiger partial charge on any atom is -0.507 e. The number of nitrogens with zero attached hydrogens (tertiary/aromatic N) is 1. The summed E-state index contributed by atoms with van der Waals surface area (Å²) in [5.41, 5.74) is 2.76. The summed E-state index contributed by atoms with van der Waals surface area (Å²) in [5.74, 6) is -1.82. The van der Waals surface area contributed by atoms with Gasteiger partial charge in [0.25, 0.3) is 5.91 Å². The Kier molecular flexibility index (Phi) is 4.30. The molecule has 0 spiro atoms. The van der Waals surface area contributed by atoms with Gasteiger partial charge in [-0.25, -0.2) is 10.2 Å². The van der Waals surface area contributed by atoms with Crippen LogP contribution in [0.2, 0.25) is 0 Å². The highest BCUT2D eigenvalue weighted by atomic mass is 16.4. The molecular formula is C15H12N2O4. The van der Waals surface area contributed by atoms with Gasteiger partial charge in [0.15, 0.2) is 0 Å². The van der Waals surface area contributed by atoms with E-state index in [1.165, 1.54) is 24.4 Å². The van der Waals surface area contributed by atoms with Crippen molar-refractivity contribution in [2.45, 2.75) is 0 Å². The standard InChI is InChI=1S/C15H12N2O4/c18-13-8-4-3-7-12(13)14(19)17-16-9-10-5-1-2-6-11(10)15(20)21/h1-9,18H,(H,17,19)(H,20,21). The van der Waals surface area contributed by atoms with Crippen LogP contribution in [0, 0.1) is 0 Å². The molecule has 21 heavy (non-hydrogen) atoms. The molecule has 0 fully saturated rings. The fourth-order valence-corrected chi connectivity index (χ4v) is 1.69. The lowest BCUT2D eigenvalue weighted by Crippen LogP contribution is -2.17. The number of benzene rings is 2. The summed E-state index contributed by atoms with van der Waals surface area (Å²) in [7, 11) is 0. The number of aromatic hydroxyl groups is 1. The van der Waals surface area contributed by atoms with E-state index in [4.69, 9.17) is 5.11 Å². The molecule has 0 aliphatic carbocycles. The van der Waals surface area contributed by atoms with E-state index in [9.17, 15) is 14.7 Å². The normalized spacial score (nSPS) is 10.5. The highest BCUT2D eigenvalue weighted by Crippen LogP contribution is 2.14. The summed E-state index contributed by atoms with van der Waals surface area (Å²) in [6, 6.07) is 12.3. The Balaban J connectivity index is 2.12. The fraction of sp³-hybridized carbons (Fsp3) is 0. The van der Waals surface area contributed by atoms with Gasteiger partial charge in [0.1, 0.15) is 5.75 Å². The molecule has 0 radical (unpaired) electrons. The van der Waals surface area contributed by atoms with Crippen molar-refractivity contribution in [3.8, 4) is 5.75 Å². The lowest BCUT2D eigenvalue weighted by atomic mass is 10.1. The molecule has 6 nitrogen and oxygen atoms in total. The third-order valence-corrected chi connectivity index (χ3v) is 2.71. The third kappa shape index (κ3) is 3.44. The van der Waals surface area contributed by atoms with Gasteiger partial charge < -0.3 is 10.2 Å². The van der Waals surface area contributed by atoms with Crippen LogP contribution in [0.4, 0.5) is 0 Å². The zero-order chi connectivity index (χ0) is 15.2. The second-order valence-electron chi connectivity index (χ2n) is 4.11. The minimum atomic E-state index is -1.08. The Morgan fingerprint density at radius 3 is 2.29 bits per heavy atom. The van der Waals surface area contributed by atoms with E-state index in [-0.39, 0.29) is 16.9 Å². The number of hydrogen-bond donors (Lipinski definition) is 3. The first kappa shape index (κ1) is 14.3. The second kappa shape index (κ2) is 6.33. The molecule has 0 atom stereocenters. The first-order chi connectivity index (χ1) is 10.1. The average molecular weight is 284 g/mol. The number of amides is 1. The van der Waals surface area contributed by atoms with E-state index < -0.39 is 11.9 Å². The molecule has 0 bridgehead atoms. The molecule has 6 heteroatoms. The van der Waals surface area contributed by atoms with Gasteiger partial charge >= 0.3 is 5.97 Å². The van der Waals surface area contributed by atoms with Gasteiger partial charge in [-0.05, 0) is 18.2 Å². The van der Waals surface area contributed by atoms with Crippen LogP contribution in [-0.4, -0.2) is 28.3 Å². The van der Waals surface area contributed by atoms with Crippen LogP contribution in [-0.2, 0) is 0 Å². The molecule has 1 amide bonds. The number of phenols is 1. The number of nitrogens with one attached hydrogen (secondary N) is 1. The molecule has 0 saturated carbocycles. The van der Waals surface area contributed by atoms with E-state index in [0.29, 0.717) is 5.56 Å². The maximum Gasteiger partial charge on any atom is 0.336 e. The van der Waals surface area contributed by atoms with E-state index in [1.54, 1.807) is 30.3 Å². The molecule has 0 saturated heterocycles. The van der Waals surface area contributed by atoms with Crippen LogP contribution in [0.1, 0.15) is 26.3 Å². The Labute approximate surface area is 120 Å². The van der Waals surface area contributed by atoms with E-state index in [2.05, 4.69) is 10.5 Å². The van der Waals surface area contributed by atoms with Crippen molar-refractivity contribution in [3.63, 3.8) is 0 Å². The second-order valence-corrected chi connectivity index (χ2v) is 4.11. The minimum absolute atomic E-state index is 0.0815. The zero-order valence-corrected chi connectivity index (χ0v) is 10.9. The van der Waals surface area contributed by atoms with E-state index in [1.807, 2.05) is 0 Å². The number of carbonyl (C=O) groups excluding carboxylic acids is 1. The van der Waals surface area contributed by atoms with Gasteiger partial charge in [-0.3, -0.25) is 4.79 Å². The molecule has 0 unspecified atom stereocenters. The largest absolute Gasteiger partial charge is 0.507 e. The number of hydrogen-bond acceptors (Lipinski definition) is 4. The predicted molar refractivity (Wildman–Crippen MR) is 76.6 cm³/mol. The topological polar surface area (TPSA) is 99.0 Å². The van der Waals surface area contributed by atoms with Gasteiger partial charge in [-0.2, -0.15) is 5.10 Å². The number of carboxylic acid groups (broad SMARTS) is 1. The van der Waals surface area contributed by atoms with Crippen molar-refractivity contribution in [2.24, 2.45) is 5.10 Å². The van der Waals surface area contributed by atoms with Crippen molar-refractivity contribution in [3.05, 3.63) is 65.2 Å². The lowest BCUT2D eigenvalue weighted by Gasteiger charge is -2.02. The third-order valence-electron chi connectivity index (χ3n) is 2.71. The SMILES string of the molecule is O=C(NN=Cc1ccccc1C(=O)O)c1ccccc1O. The van der Waals surface area contributed by atoms with Crippen LogP contribution >= 0.6 is 0 Å². The molecule has 3 N–H and O–H groups in total. The van der Waals surface area contributed by atoms with Crippen molar-refractivity contribution < 1.29 is 19.8 Å². The van der Waals surface area contributed by atoms with Crippen LogP contribution in [0.25, 0.3) is 0 Å². The van der Waals surface area contributed by atoms with Crippen LogP contribution < -0.4 is 5.43 Å². The van der Waals surface area contributed by atoms with E-state index >= 15 is 0 Å². The monoisotopic (exact) mass is 284 g/mol. The highest BCUT2D eigenvalue weighted by Gasteiger charge is 2.09. The number of carbonyl (C=O) groups is 2. The quantitative estimate of drug-likeness (QED) is 0.589. The van der Waals surface area contributed by atoms with Gasteiger partial charge in [0.2, 0.25) is 0 Å². The van der Waals surface area contributed by atoms with Gasteiger partial charge in [0, 0.05) is 5.56 Å². The van der Waals surface area contributed by atoms with Gasteiger partial charge in [-0.15, -0.1) is 0 Å². The Hall–Kier alpha value is -3.15. The van der Waals surface area contributed by atoms with Crippen LogP contribution in [0.3, 0.4) is 0 Å². The van der Waals surface area contributed by atoms with Crippen molar-refractivity contribution in [1.29, 1.82) is 0 Å². The molecule has 2 aromatic carbocycles. The smallest absolute Gasteiger partial charge is 0.336 e. The van der Waals surface area contributed by atoms with Gasteiger partial charge in [0.05, 0.1) is 17.3 Å². The number of phenolic OH excluding ortho intramolecular Hbond substituents is 1. The zero-order valence-electron chi connectivity index (χ0n) is 10.9. The van der Waals surface area contributed by atoms with Gasteiger partial charge in [-0.1, -0.05) is 30.3 Å². The molecule has 106 valence electrons. The maximum atomic E-state index is 11.8. The Morgan fingerprint density at radius 2 is 1.62 bits per heavy atom. The molecule has 0 aliphatic heterocycles. The van der Waals surface area contributed by atoms with E-state index in [0.717, 1.165) is 0 Å². The lowest BCUT2D eigenvalue weighted by molar-refractivity contribution is 0.0696. The van der Waals surface area contributed by atoms with Crippen molar-refractivity contribution >= 4 is 18.1 Å². The molecular weight excluding hydrogens is 272 g/mol. The highest BCUT2D eigenvalue weighted by molar-refractivity contribution is 6.00. The van der Waals surface area contributed by atoms with Crippen LogP contribution in [0.5, 0.6) is 5.75 Å². The number of carboxylic acids is 1. The Morgan fingerprint density at radius 1 is 1.00 bits per heavy atom. The number of rotatable bonds is 4. The van der Waals surface area contributed by atoms with Crippen molar-refractivity contribution in [1.82, 2.24) is 5.43 Å². The summed E-state index contributed by atoms with van der Waals surface area (Å²) in [5, 5.41) is 22.2. The summed E-state index contributed by atoms with van der Waals surface area (Å²) in [4.78, 5) is 22.8.